The van der Waals surface area contributed by atoms with Crippen LogP contribution in [0, 0.1) is 0 Å². The second kappa shape index (κ2) is 8.20. The minimum atomic E-state index is -5.55. The number of halogens is 3. The molecule has 1 fully saturated rings. The molecule has 1 aromatic carbocycles. The van der Waals surface area contributed by atoms with Gasteiger partial charge in [0.1, 0.15) is 5.54 Å². The molecule has 0 saturated carbocycles. The SMILES string of the molecule is CC1(Cc2ccncc2-c2ccccn2)NC(=O)N(c2ccc(S(=O)(=O)C(F)(F)F)cc2)C1=O. The maximum absolute atomic E-state index is 13.2. The molecule has 34 heavy (non-hydrogen) atoms. The van der Waals surface area contributed by atoms with Gasteiger partial charge in [-0.05, 0) is 55.0 Å². The molecule has 1 N–H and O–H groups in total. The Balaban J connectivity index is 1.63. The normalized spacial score (nSPS) is 18.8. The Kier molecular flexibility index (Phi) is 5.64. The lowest BCUT2D eigenvalue weighted by atomic mass is 9.90. The fourth-order valence-electron chi connectivity index (χ4n) is 3.66. The number of carbonyl (C=O) groups is 2. The molecule has 1 aliphatic rings. The van der Waals surface area contributed by atoms with Crippen molar-refractivity contribution >= 4 is 27.5 Å². The number of hydrogen-bond donors (Lipinski definition) is 1. The highest BCUT2D eigenvalue weighted by atomic mass is 32.2. The highest BCUT2D eigenvalue weighted by Crippen LogP contribution is 2.33. The van der Waals surface area contributed by atoms with Gasteiger partial charge in [0.05, 0.1) is 16.3 Å². The molecule has 0 radical (unpaired) electrons. The molecule has 1 unspecified atom stereocenters. The summed E-state index contributed by atoms with van der Waals surface area (Å²) >= 11 is 0. The Hall–Kier alpha value is -3.80. The molecule has 12 heteroatoms. The predicted molar refractivity (Wildman–Crippen MR) is 115 cm³/mol. The molecular formula is C22H17F3N4O4S. The summed E-state index contributed by atoms with van der Waals surface area (Å²) in [6, 6.07) is 9.62. The highest BCUT2D eigenvalue weighted by Gasteiger charge is 2.49. The smallest absolute Gasteiger partial charge is 0.323 e. The summed E-state index contributed by atoms with van der Waals surface area (Å²) in [7, 11) is -5.55. The van der Waals surface area contributed by atoms with Crippen molar-refractivity contribution in [3.8, 4) is 11.3 Å². The number of aromatic nitrogens is 2. The summed E-state index contributed by atoms with van der Waals surface area (Å²) in [4.78, 5) is 34.1. The van der Waals surface area contributed by atoms with Crippen LogP contribution in [0.25, 0.3) is 11.3 Å². The molecule has 4 rings (SSSR count). The summed E-state index contributed by atoms with van der Waals surface area (Å²) in [6.07, 6.45) is 4.84. The molecule has 3 heterocycles. The molecule has 0 aliphatic carbocycles. The summed E-state index contributed by atoms with van der Waals surface area (Å²) < 4.78 is 61.5. The van der Waals surface area contributed by atoms with Crippen LogP contribution in [0.5, 0.6) is 0 Å². The van der Waals surface area contributed by atoms with E-state index in [1.807, 2.05) is 0 Å². The van der Waals surface area contributed by atoms with Gasteiger partial charge in [0.25, 0.3) is 15.7 Å². The molecule has 1 saturated heterocycles. The van der Waals surface area contributed by atoms with Gasteiger partial charge in [0.15, 0.2) is 0 Å². The summed E-state index contributed by atoms with van der Waals surface area (Å²) in [5.74, 6) is -0.646. The van der Waals surface area contributed by atoms with Crippen LogP contribution in [-0.2, 0) is 21.1 Å². The number of nitrogens with one attached hydrogen (secondary N) is 1. The van der Waals surface area contributed by atoms with Crippen LogP contribution < -0.4 is 10.2 Å². The largest absolute Gasteiger partial charge is 0.501 e. The summed E-state index contributed by atoms with van der Waals surface area (Å²) in [5.41, 5.74) is -4.91. The van der Waals surface area contributed by atoms with Crippen molar-refractivity contribution in [2.75, 3.05) is 4.90 Å². The molecule has 0 spiro atoms. The van der Waals surface area contributed by atoms with Gasteiger partial charge in [0, 0.05) is 30.6 Å². The number of carbonyl (C=O) groups excluding carboxylic acids is 2. The molecule has 3 amide bonds. The van der Waals surface area contributed by atoms with E-state index < -0.39 is 37.7 Å². The van der Waals surface area contributed by atoms with Gasteiger partial charge in [-0.15, -0.1) is 0 Å². The predicted octanol–water partition coefficient (Wildman–Crippen LogP) is 3.49. The van der Waals surface area contributed by atoms with E-state index in [0.717, 1.165) is 17.0 Å². The highest BCUT2D eigenvalue weighted by molar-refractivity contribution is 7.92. The van der Waals surface area contributed by atoms with Crippen LogP contribution in [0.2, 0.25) is 0 Å². The van der Waals surface area contributed by atoms with E-state index in [4.69, 9.17) is 0 Å². The average molecular weight is 490 g/mol. The molecule has 176 valence electrons. The van der Waals surface area contributed by atoms with Gasteiger partial charge in [-0.2, -0.15) is 13.2 Å². The zero-order valence-corrected chi connectivity index (χ0v) is 18.4. The van der Waals surface area contributed by atoms with E-state index in [9.17, 15) is 31.2 Å². The van der Waals surface area contributed by atoms with E-state index in [1.165, 1.54) is 6.92 Å². The van der Waals surface area contributed by atoms with Crippen molar-refractivity contribution in [3.05, 3.63) is 72.7 Å². The number of sulfone groups is 1. The zero-order valence-electron chi connectivity index (χ0n) is 17.6. The van der Waals surface area contributed by atoms with Crippen LogP contribution in [0.4, 0.5) is 23.7 Å². The maximum Gasteiger partial charge on any atom is 0.501 e. The topological polar surface area (TPSA) is 109 Å². The van der Waals surface area contributed by atoms with E-state index in [1.54, 1.807) is 42.9 Å². The van der Waals surface area contributed by atoms with Crippen LogP contribution in [0.1, 0.15) is 12.5 Å². The number of amides is 3. The lowest BCUT2D eigenvalue weighted by Gasteiger charge is -2.23. The number of hydrogen-bond acceptors (Lipinski definition) is 6. The lowest BCUT2D eigenvalue weighted by Crippen LogP contribution is -2.46. The first-order valence-electron chi connectivity index (χ1n) is 9.86. The average Bonchev–Trinajstić information content (AvgIpc) is 3.01. The summed E-state index contributed by atoms with van der Waals surface area (Å²) in [5, 5.41) is 2.62. The first-order valence-corrected chi connectivity index (χ1v) is 11.3. The van der Waals surface area contributed by atoms with Gasteiger partial charge >= 0.3 is 11.5 Å². The van der Waals surface area contributed by atoms with Crippen molar-refractivity contribution in [1.82, 2.24) is 15.3 Å². The van der Waals surface area contributed by atoms with Gasteiger partial charge in [-0.25, -0.2) is 18.1 Å². The van der Waals surface area contributed by atoms with Crippen LogP contribution in [-0.4, -0.2) is 41.4 Å². The van der Waals surface area contributed by atoms with Gasteiger partial charge in [-0.1, -0.05) is 6.07 Å². The number of benzene rings is 1. The third-order valence-corrected chi connectivity index (χ3v) is 6.87. The van der Waals surface area contributed by atoms with Crippen LogP contribution in [0.15, 0.2) is 72.0 Å². The molecule has 3 aromatic rings. The fourth-order valence-corrected chi connectivity index (χ4v) is 4.42. The van der Waals surface area contributed by atoms with Crippen molar-refractivity contribution in [2.45, 2.75) is 29.3 Å². The number of pyridine rings is 2. The zero-order chi connectivity index (χ0) is 24.7. The Labute approximate surface area is 192 Å². The summed E-state index contributed by atoms with van der Waals surface area (Å²) in [6.45, 7) is 1.53. The van der Waals surface area contributed by atoms with E-state index in [0.29, 0.717) is 29.0 Å². The Morgan fingerprint density at radius 2 is 1.74 bits per heavy atom. The molecule has 2 aromatic heterocycles. The van der Waals surface area contributed by atoms with Gasteiger partial charge < -0.3 is 5.32 Å². The van der Waals surface area contributed by atoms with Gasteiger partial charge in [0.2, 0.25) is 0 Å². The first kappa shape index (κ1) is 23.4. The number of alkyl halides is 3. The van der Waals surface area contributed by atoms with Gasteiger partial charge in [-0.3, -0.25) is 14.8 Å². The Bertz CT molecular complexity index is 1360. The second-order valence-corrected chi connectivity index (χ2v) is 9.71. The van der Waals surface area contributed by atoms with Crippen molar-refractivity contribution in [3.63, 3.8) is 0 Å². The number of urea groups is 1. The monoisotopic (exact) mass is 490 g/mol. The molecule has 0 bridgehead atoms. The maximum atomic E-state index is 13.2. The lowest BCUT2D eigenvalue weighted by molar-refractivity contribution is -0.121. The standard InChI is InChI=1S/C22H17F3N4O4S/c1-21(12-14-9-11-26-13-17(14)18-4-2-3-10-27-18)19(30)29(20(31)28-21)15-5-7-16(8-6-15)34(32,33)22(23,24)25/h2-11,13H,12H2,1H3,(H,28,31). The molecular weight excluding hydrogens is 473 g/mol. The van der Waals surface area contributed by atoms with E-state index in [-0.39, 0.29) is 12.1 Å². The van der Waals surface area contributed by atoms with Crippen LogP contribution in [0.3, 0.4) is 0 Å². The minimum Gasteiger partial charge on any atom is -0.323 e. The molecule has 1 aliphatic heterocycles. The molecule has 8 nitrogen and oxygen atoms in total. The number of rotatable bonds is 5. The third-order valence-electron chi connectivity index (χ3n) is 5.37. The van der Waals surface area contributed by atoms with Crippen molar-refractivity contribution in [1.29, 1.82) is 0 Å². The molecule has 1 atom stereocenters. The first-order chi connectivity index (χ1) is 15.9. The van der Waals surface area contributed by atoms with Crippen molar-refractivity contribution in [2.24, 2.45) is 0 Å². The van der Waals surface area contributed by atoms with E-state index >= 15 is 0 Å². The van der Waals surface area contributed by atoms with Crippen molar-refractivity contribution < 1.29 is 31.2 Å². The van der Waals surface area contributed by atoms with Crippen LogP contribution >= 0.6 is 0 Å². The minimum absolute atomic E-state index is 0.0629. The Morgan fingerprint density at radius 1 is 1.03 bits per heavy atom. The number of nitrogens with zero attached hydrogens (tertiary/aromatic N) is 3. The second-order valence-electron chi connectivity index (χ2n) is 7.77. The number of anilines is 1. The van der Waals surface area contributed by atoms with E-state index in [2.05, 4.69) is 15.3 Å². The quantitative estimate of drug-likeness (QED) is 0.549. The third kappa shape index (κ3) is 4.00. The number of imide groups is 1. The fraction of sp³-hybridized carbons (Fsp3) is 0.182. The Morgan fingerprint density at radius 3 is 2.35 bits per heavy atom.